The zero-order chi connectivity index (χ0) is 30.6. The second-order valence-electron chi connectivity index (χ2n) is 9.99. The fourth-order valence-electron chi connectivity index (χ4n) is 4.02. The zero-order valence-corrected chi connectivity index (χ0v) is 28.0. The maximum Gasteiger partial charge on any atom is 1.00 e. The summed E-state index contributed by atoms with van der Waals surface area (Å²) < 4.78 is 5.12. The molecule has 1 aromatic carbocycles. The van der Waals surface area contributed by atoms with Crippen LogP contribution in [-0.4, -0.2) is 32.0 Å². The van der Waals surface area contributed by atoms with Crippen LogP contribution >= 0.6 is 0 Å². The van der Waals surface area contributed by atoms with Crippen molar-refractivity contribution in [3.8, 4) is 39.8 Å². The molecule has 0 saturated carbocycles. The van der Waals surface area contributed by atoms with E-state index < -0.39 is 0 Å². The van der Waals surface area contributed by atoms with Crippen molar-refractivity contribution in [1.29, 1.82) is 0 Å². The van der Waals surface area contributed by atoms with Crippen LogP contribution < -0.4 is 10.5 Å². The Morgan fingerprint density at radius 3 is 1.27 bits per heavy atom. The first kappa shape index (κ1) is 33.7. The number of aromatic nitrogens is 5. The van der Waals surface area contributed by atoms with E-state index in [4.69, 9.17) is 10.5 Å². The van der Waals surface area contributed by atoms with E-state index in [-0.39, 0.29) is 19.8 Å². The summed E-state index contributed by atoms with van der Waals surface area (Å²) in [4.78, 5) is 21.4. The minimum absolute atomic E-state index is 0. The van der Waals surface area contributed by atoms with Crippen molar-refractivity contribution in [2.75, 3.05) is 12.8 Å². The van der Waals surface area contributed by atoms with Gasteiger partial charge in [0.1, 0.15) is 5.75 Å². The Morgan fingerprint density at radius 2 is 0.909 bits per heavy atom. The fourth-order valence-corrected chi connectivity index (χ4v) is 4.02. The maximum atomic E-state index is 5.69. The van der Waals surface area contributed by atoms with Crippen molar-refractivity contribution in [2.24, 2.45) is 0 Å². The van der Waals surface area contributed by atoms with Crippen LogP contribution in [0, 0.1) is 33.8 Å². The molecule has 1 radical (unpaired) electrons. The molecule has 2 N–H and O–H groups in total. The number of pyridine rings is 5. The molecule has 0 bridgehead atoms. The summed E-state index contributed by atoms with van der Waals surface area (Å²) in [6, 6.07) is 28.3. The van der Waals surface area contributed by atoms with E-state index >= 15 is 0 Å². The van der Waals surface area contributed by atoms with Crippen LogP contribution in [0.1, 0.15) is 22.3 Å². The van der Waals surface area contributed by atoms with Crippen molar-refractivity contribution >= 4 is 5.69 Å². The molecule has 0 amide bonds. The third kappa shape index (κ3) is 10.2. The van der Waals surface area contributed by atoms with Crippen LogP contribution in [0.25, 0.3) is 34.0 Å². The summed E-state index contributed by atoms with van der Waals surface area (Å²) in [5.74, 6) is 0.774. The molecule has 7 nitrogen and oxygen atoms in total. The number of nitrogens with two attached hydrogens (primary N) is 1. The van der Waals surface area contributed by atoms with Crippen LogP contribution in [0.2, 0.25) is 0 Å². The Hall–Kier alpha value is -4.79. The molecule has 0 aliphatic carbocycles. The summed E-state index contributed by atoms with van der Waals surface area (Å²) in [6.45, 7) is 8.23. The van der Waals surface area contributed by atoms with E-state index in [0.29, 0.717) is 5.69 Å². The van der Waals surface area contributed by atoms with Gasteiger partial charge >= 0.3 is 19.8 Å². The van der Waals surface area contributed by atoms with Gasteiger partial charge in [0.15, 0.2) is 0 Å². The second kappa shape index (κ2) is 16.7. The molecular formula is C36H35N6OOs. The van der Waals surface area contributed by atoms with Crippen LogP contribution in [0.3, 0.4) is 0 Å². The van der Waals surface area contributed by atoms with Gasteiger partial charge in [0.25, 0.3) is 0 Å². The van der Waals surface area contributed by atoms with Crippen LogP contribution in [0.15, 0.2) is 110 Å². The van der Waals surface area contributed by atoms with Gasteiger partial charge in [-0.3, -0.25) is 19.9 Å². The average molecular weight is 758 g/mol. The van der Waals surface area contributed by atoms with Gasteiger partial charge in [-0.05, 0) is 116 Å². The molecule has 5 aromatic heterocycles. The molecule has 5 heterocycles. The van der Waals surface area contributed by atoms with Crippen LogP contribution in [0.4, 0.5) is 5.69 Å². The summed E-state index contributed by atoms with van der Waals surface area (Å²) in [5, 5.41) is 0. The summed E-state index contributed by atoms with van der Waals surface area (Å²) >= 11 is 0. The predicted molar refractivity (Wildman–Crippen MR) is 173 cm³/mol. The Bertz CT molecular complexity index is 1620. The fraction of sp³-hybridized carbons (Fsp3) is 0.139. The van der Waals surface area contributed by atoms with Crippen molar-refractivity contribution < 1.29 is 24.5 Å². The molecule has 8 heteroatoms. The molecule has 0 aliphatic rings. The van der Waals surface area contributed by atoms with Crippen molar-refractivity contribution in [1.82, 2.24) is 24.9 Å². The maximum absolute atomic E-state index is 5.69. The van der Waals surface area contributed by atoms with Gasteiger partial charge in [0, 0.05) is 31.0 Å². The number of anilines is 1. The van der Waals surface area contributed by atoms with E-state index in [0.717, 1.165) is 39.8 Å². The second-order valence-corrected chi connectivity index (χ2v) is 9.99. The van der Waals surface area contributed by atoms with Crippen molar-refractivity contribution in [2.45, 2.75) is 27.7 Å². The molecule has 0 aliphatic heterocycles. The Balaban J connectivity index is 0.000000178. The minimum Gasteiger partial charge on any atom is -0.497 e. The van der Waals surface area contributed by atoms with Gasteiger partial charge in [-0.2, -0.15) is 0 Å². The van der Waals surface area contributed by atoms with E-state index in [1.165, 1.54) is 22.3 Å². The first-order valence-electron chi connectivity index (χ1n) is 13.8. The summed E-state index contributed by atoms with van der Waals surface area (Å²) in [6.07, 6.45) is 8.96. The third-order valence-electron chi connectivity index (χ3n) is 6.26. The van der Waals surface area contributed by atoms with E-state index in [1.54, 1.807) is 31.5 Å². The first-order valence-corrected chi connectivity index (χ1v) is 13.8. The number of nitrogen functional groups attached to an aromatic ring is 1. The van der Waals surface area contributed by atoms with Crippen molar-refractivity contribution in [3.63, 3.8) is 0 Å². The van der Waals surface area contributed by atoms with Gasteiger partial charge in [-0.25, -0.2) is 0 Å². The number of ether oxygens (including phenoxy) is 1. The standard InChI is InChI=1S/C12H11N2O.2C12H12N2.Os/c1-15-11-5-6-14-12(8-11)9-3-2-4-10(13)7-9;2*1-9-3-5-13-11(7-9)12-8-10(2)4-6-14-12;/h2,4-8H,13H2,1H3;2*3-8H,1-2H3;/q-1;;;+1. The number of nitrogens with zero attached hydrogens (tertiary/aromatic N) is 5. The molecular weight excluding hydrogens is 723 g/mol. The SMILES string of the molecule is COc1ccnc(-c2[c-]ccc(N)c2)c1.Cc1ccnc(-c2cc(C)ccn2)c1.Cc1ccnc(-c2cc(C)ccn2)c1.[Os+]. The average Bonchev–Trinajstić information content (AvgIpc) is 3.02. The third-order valence-corrected chi connectivity index (χ3v) is 6.26. The van der Waals surface area contributed by atoms with Crippen LogP contribution in [0.5, 0.6) is 5.75 Å². The smallest absolute Gasteiger partial charge is 0.497 e. The molecule has 0 atom stereocenters. The van der Waals surface area contributed by atoms with E-state index in [1.807, 2.05) is 85.5 Å². The van der Waals surface area contributed by atoms with Crippen LogP contribution in [-0.2, 0) is 19.8 Å². The monoisotopic (exact) mass is 759 g/mol. The van der Waals surface area contributed by atoms with E-state index in [2.05, 4.69) is 58.7 Å². The topological polar surface area (TPSA) is 99.7 Å². The van der Waals surface area contributed by atoms with Gasteiger partial charge in [-0.15, -0.1) is 29.8 Å². The largest absolute Gasteiger partial charge is 1.00 e. The Kier molecular flexibility index (Phi) is 12.8. The van der Waals surface area contributed by atoms with Gasteiger partial charge < -0.3 is 15.5 Å². The number of benzene rings is 1. The molecule has 6 rings (SSSR count). The zero-order valence-electron chi connectivity index (χ0n) is 25.5. The molecule has 0 unspecified atom stereocenters. The van der Waals surface area contributed by atoms with Gasteiger partial charge in [0.05, 0.1) is 29.9 Å². The van der Waals surface area contributed by atoms with Gasteiger partial charge in [-0.1, -0.05) is 5.69 Å². The number of rotatable bonds is 4. The molecule has 0 saturated heterocycles. The Morgan fingerprint density at radius 1 is 0.523 bits per heavy atom. The molecule has 0 fully saturated rings. The number of aryl methyl sites for hydroxylation is 4. The predicted octanol–water partition coefficient (Wildman–Crippen LogP) is 7.66. The molecule has 0 spiro atoms. The van der Waals surface area contributed by atoms with Crippen molar-refractivity contribution in [3.05, 3.63) is 138 Å². The summed E-state index contributed by atoms with van der Waals surface area (Å²) in [7, 11) is 1.63. The first-order chi connectivity index (χ1) is 20.8. The quantitative estimate of drug-likeness (QED) is 0.146. The van der Waals surface area contributed by atoms with E-state index in [9.17, 15) is 0 Å². The minimum atomic E-state index is 0. The number of methoxy groups -OCH3 is 1. The van der Waals surface area contributed by atoms with Gasteiger partial charge in [0.2, 0.25) is 0 Å². The molecule has 223 valence electrons. The molecule has 6 aromatic rings. The summed E-state index contributed by atoms with van der Waals surface area (Å²) in [5.41, 5.74) is 16.6. The Labute approximate surface area is 272 Å². The number of hydrogen-bond donors (Lipinski definition) is 1. The number of hydrogen-bond acceptors (Lipinski definition) is 7. The normalized spacial score (nSPS) is 9.84. The molecule has 44 heavy (non-hydrogen) atoms.